The van der Waals surface area contributed by atoms with E-state index in [4.69, 9.17) is 14.7 Å². The van der Waals surface area contributed by atoms with Crippen molar-refractivity contribution < 1.29 is 9.47 Å². The van der Waals surface area contributed by atoms with Crippen molar-refractivity contribution in [2.24, 2.45) is 0 Å². The molecule has 0 unspecified atom stereocenters. The highest BCUT2D eigenvalue weighted by Gasteiger charge is 2.02. The topological polar surface area (TPSA) is 42.2 Å². The average molecular weight is 162 g/mol. The second-order valence-electron chi connectivity index (χ2n) is 2.10. The number of methoxy groups -OCH3 is 2. The molecular formula is C9H8NO2. The van der Waals surface area contributed by atoms with Gasteiger partial charge >= 0.3 is 0 Å². The average Bonchev–Trinajstić information content (AvgIpc) is 2.16. The maximum atomic E-state index is 8.62. The maximum Gasteiger partial charge on any atom is 0.140 e. The van der Waals surface area contributed by atoms with E-state index in [2.05, 4.69) is 6.07 Å². The van der Waals surface area contributed by atoms with E-state index in [1.54, 1.807) is 6.07 Å². The van der Waals surface area contributed by atoms with Crippen LogP contribution in [0.1, 0.15) is 5.56 Å². The molecule has 12 heavy (non-hydrogen) atoms. The zero-order valence-corrected chi connectivity index (χ0v) is 6.92. The SMILES string of the molecule is COc1[c]cc(C#N)c(OC)c1. The highest BCUT2D eigenvalue weighted by atomic mass is 16.5. The molecule has 0 fully saturated rings. The van der Waals surface area contributed by atoms with Gasteiger partial charge in [0.1, 0.15) is 17.6 Å². The molecule has 0 aliphatic heterocycles. The summed E-state index contributed by atoms with van der Waals surface area (Å²) in [6, 6.07) is 7.94. The highest BCUT2D eigenvalue weighted by Crippen LogP contribution is 2.22. The molecule has 3 heteroatoms. The van der Waals surface area contributed by atoms with Crippen LogP contribution < -0.4 is 9.47 Å². The first-order valence-electron chi connectivity index (χ1n) is 3.35. The van der Waals surface area contributed by atoms with E-state index in [-0.39, 0.29) is 0 Å². The molecule has 0 saturated carbocycles. The van der Waals surface area contributed by atoms with Crippen LogP contribution in [0.3, 0.4) is 0 Å². The number of nitrogens with zero attached hydrogens (tertiary/aromatic N) is 1. The lowest BCUT2D eigenvalue weighted by atomic mass is 10.2. The van der Waals surface area contributed by atoms with Crippen molar-refractivity contribution in [2.45, 2.75) is 0 Å². The van der Waals surface area contributed by atoms with Gasteiger partial charge in [0.05, 0.1) is 19.8 Å². The van der Waals surface area contributed by atoms with Gasteiger partial charge in [0, 0.05) is 12.1 Å². The Morgan fingerprint density at radius 2 is 2.17 bits per heavy atom. The molecule has 0 N–H and O–H groups in total. The van der Waals surface area contributed by atoms with Gasteiger partial charge in [-0.3, -0.25) is 0 Å². The Balaban J connectivity index is 3.13. The standard InChI is InChI=1S/C9H8NO2/c1-11-8-4-3-7(6-10)9(5-8)12-2/h3,5H,1-2H3. The Kier molecular flexibility index (Phi) is 2.54. The smallest absolute Gasteiger partial charge is 0.140 e. The molecule has 1 radical (unpaired) electrons. The maximum absolute atomic E-state index is 8.62. The van der Waals surface area contributed by atoms with Gasteiger partial charge in [-0.25, -0.2) is 0 Å². The Hall–Kier alpha value is -1.69. The van der Waals surface area contributed by atoms with Crippen LogP contribution in [0, 0.1) is 17.4 Å². The van der Waals surface area contributed by atoms with E-state index >= 15 is 0 Å². The number of hydrogen-bond acceptors (Lipinski definition) is 3. The molecule has 61 valence electrons. The monoisotopic (exact) mass is 162 g/mol. The predicted octanol–water partition coefficient (Wildman–Crippen LogP) is 1.38. The molecule has 0 aliphatic carbocycles. The lowest BCUT2D eigenvalue weighted by Crippen LogP contribution is -1.89. The van der Waals surface area contributed by atoms with E-state index in [9.17, 15) is 0 Å². The van der Waals surface area contributed by atoms with Gasteiger partial charge in [-0.05, 0) is 6.07 Å². The van der Waals surface area contributed by atoms with Gasteiger partial charge in [-0.1, -0.05) is 0 Å². The first-order valence-corrected chi connectivity index (χ1v) is 3.35. The van der Waals surface area contributed by atoms with Crippen LogP contribution in [-0.2, 0) is 0 Å². The molecule has 0 aliphatic rings. The van der Waals surface area contributed by atoms with Gasteiger partial charge in [0.15, 0.2) is 0 Å². The van der Waals surface area contributed by atoms with Gasteiger partial charge in [-0.2, -0.15) is 5.26 Å². The summed E-state index contributed by atoms with van der Waals surface area (Å²) in [6.07, 6.45) is 0. The number of nitriles is 1. The summed E-state index contributed by atoms with van der Waals surface area (Å²) in [6.45, 7) is 0. The van der Waals surface area contributed by atoms with Crippen molar-refractivity contribution in [3.8, 4) is 17.6 Å². The van der Waals surface area contributed by atoms with Crippen LogP contribution in [-0.4, -0.2) is 14.2 Å². The van der Waals surface area contributed by atoms with E-state index in [1.807, 2.05) is 6.07 Å². The summed E-state index contributed by atoms with van der Waals surface area (Å²) in [5, 5.41) is 8.62. The first-order chi connectivity index (χ1) is 5.81. The Morgan fingerprint density at radius 3 is 2.67 bits per heavy atom. The predicted molar refractivity (Wildman–Crippen MR) is 43.1 cm³/mol. The summed E-state index contributed by atoms with van der Waals surface area (Å²) in [5.74, 6) is 1.07. The zero-order valence-electron chi connectivity index (χ0n) is 6.92. The van der Waals surface area contributed by atoms with E-state index in [0.29, 0.717) is 17.1 Å². The minimum absolute atomic E-state index is 0.457. The summed E-state index contributed by atoms with van der Waals surface area (Å²) in [7, 11) is 3.05. The number of rotatable bonds is 2. The third kappa shape index (κ3) is 1.48. The van der Waals surface area contributed by atoms with Gasteiger partial charge < -0.3 is 9.47 Å². The molecule has 1 rings (SSSR count). The molecule has 0 aromatic heterocycles. The van der Waals surface area contributed by atoms with Crippen molar-refractivity contribution in [3.63, 3.8) is 0 Å². The second kappa shape index (κ2) is 3.63. The fourth-order valence-corrected chi connectivity index (χ4v) is 0.827. The van der Waals surface area contributed by atoms with Crippen LogP contribution in [0.2, 0.25) is 0 Å². The molecular weight excluding hydrogens is 154 g/mol. The number of ether oxygens (including phenoxy) is 2. The molecule has 0 amide bonds. The van der Waals surface area contributed by atoms with Crippen molar-refractivity contribution in [1.29, 1.82) is 5.26 Å². The largest absolute Gasteiger partial charge is 0.496 e. The minimum atomic E-state index is 0.457. The van der Waals surface area contributed by atoms with E-state index in [1.165, 1.54) is 20.3 Å². The minimum Gasteiger partial charge on any atom is -0.496 e. The third-order valence-corrected chi connectivity index (χ3v) is 1.45. The first kappa shape index (κ1) is 8.41. The van der Waals surface area contributed by atoms with E-state index in [0.717, 1.165) is 0 Å². The summed E-state index contributed by atoms with van der Waals surface area (Å²) < 4.78 is 9.87. The summed E-state index contributed by atoms with van der Waals surface area (Å²) in [5.41, 5.74) is 0.457. The van der Waals surface area contributed by atoms with Crippen molar-refractivity contribution >= 4 is 0 Å². The second-order valence-corrected chi connectivity index (χ2v) is 2.10. The van der Waals surface area contributed by atoms with Gasteiger partial charge in [0.25, 0.3) is 0 Å². The van der Waals surface area contributed by atoms with Crippen LogP contribution in [0.4, 0.5) is 0 Å². The van der Waals surface area contributed by atoms with Crippen molar-refractivity contribution in [1.82, 2.24) is 0 Å². The molecule has 1 aromatic carbocycles. The fourth-order valence-electron chi connectivity index (χ4n) is 0.827. The van der Waals surface area contributed by atoms with Crippen molar-refractivity contribution in [3.05, 3.63) is 23.8 Å². The molecule has 0 heterocycles. The lowest BCUT2D eigenvalue weighted by molar-refractivity contribution is 0.393. The quantitative estimate of drug-likeness (QED) is 0.659. The number of hydrogen-bond donors (Lipinski definition) is 0. The lowest BCUT2D eigenvalue weighted by Gasteiger charge is -2.03. The fraction of sp³-hybridized carbons (Fsp3) is 0.222. The van der Waals surface area contributed by atoms with Crippen LogP contribution in [0.5, 0.6) is 11.5 Å². The summed E-state index contributed by atoms with van der Waals surface area (Å²) in [4.78, 5) is 0. The highest BCUT2D eigenvalue weighted by molar-refractivity contribution is 5.46. The third-order valence-electron chi connectivity index (χ3n) is 1.45. The van der Waals surface area contributed by atoms with Crippen LogP contribution in [0.15, 0.2) is 12.1 Å². The Morgan fingerprint density at radius 1 is 1.42 bits per heavy atom. The van der Waals surface area contributed by atoms with Gasteiger partial charge in [0.2, 0.25) is 0 Å². The molecule has 1 aromatic rings. The van der Waals surface area contributed by atoms with Gasteiger partial charge in [-0.15, -0.1) is 0 Å². The number of benzene rings is 1. The Labute approximate surface area is 71.1 Å². The van der Waals surface area contributed by atoms with Crippen LogP contribution in [0.25, 0.3) is 0 Å². The zero-order chi connectivity index (χ0) is 8.97. The molecule has 0 saturated heterocycles. The molecule has 0 atom stereocenters. The normalized spacial score (nSPS) is 8.75. The Bertz CT molecular complexity index is 315. The molecule has 0 bridgehead atoms. The molecule has 0 spiro atoms. The summed E-state index contributed by atoms with van der Waals surface area (Å²) >= 11 is 0. The van der Waals surface area contributed by atoms with Crippen LogP contribution >= 0.6 is 0 Å². The van der Waals surface area contributed by atoms with Crippen molar-refractivity contribution in [2.75, 3.05) is 14.2 Å². The van der Waals surface area contributed by atoms with E-state index < -0.39 is 0 Å². The molecule has 3 nitrogen and oxygen atoms in total.